The topological polar surface area (TPSA) is 28.7 Å². The first kappa shape index (κ1) is 15.7. The summed E-state index contributed by atoms with van der Waals surface area (Å²) in [6.45, 7) is 0. The smallest absolute Gasteiger partial charge is 1.00 e. The van der Waals surface area contributed by atoms with Gasteiger partial charge in [0.2, 0.25) is 0 Å². The second-order valence-electron chi connectivity index (χ2n) is 0.761. The fourth-order valence-electron chi connectivity index (χ4n) is 0.215. The van der Waals surface area contributed by atoms with Gasteiger partial charge in [0.15, 0.2) is 0 Å². The summed E-state index contributed by atoms with van der Waals surface area (Å²) in [5.41, 5.74) is 0. The number of halogens is 2. The van der Waals surface area contributed by atoms with Crippen LogP contribution >= 0.6 is 0 Å². The molecule has 0 atom stereocenters. The van der Waals surface area contributed by atoms with Crippen LogP contribution in [0, 0.1) is 0 Å². The first-order valence-corrected chi connectivity index (χ1v) is 1.43. The molecule has 0 aliphatic heterocycles. The van der Waals surface area contributed by atoms with Crippen molar-refractivity contribution < 1.29 is 41.9 Å². The Kier molecular flexibility index (Phi) is 20.3. The van der Waals surface area contributed by atoms with E-state index in [0.717, 1.165) is 0 Å². The van der Waals surface area contributed by atoms with Crippen molar-refractivity contribution in [2.75, 3.05) is 0 Å². The van der Waals surface area contributed by atoms with Crippen molar-refractivity contribution in [3.8, 4) is 0 Å². The van der Waals surface area contributed by atoms with Crippen molar-refractivity contribution in [1.29, 1.82) is 0 Å². The second-order valence-corrected chi connectivity index (χ2v) is 0.761. The molecule has 0 unspecified atom stereocenters. The van der Waals surface area contributed by atoms with Crippen LogP contribution in [0.25, 0.3) is 0 Å². The number of hydrogen-bond donors (Lipinski definition) is 1. The van der Waals surface area contributed by atoms with E-state index in [1.54, 1.807) is 18.7 Å². The molecule has 1 rings (SSSR count). The van der Waals surface area contributed by atoms with Gasteiger partial charge in [0, 0.05) is 12.4 Å². The van der Waals surface area contributed by atoms with E-state index in [9.17, 15) is 0 Å². The maximum Gasteiger partial charge on any atom is 2.00 e. The van der Waals surface area contributed by atoms with E-state index >= 15 is 0 Å². The largest absolute Gasteiger partial charge is 2.00 e. The van der Waals surface area contributed by atoms with Crippen LogP contribution in [0.5, 0.6) is 0 Å². The number of nitrogens with zero attached hydrogens (tertiary/aromatic N) is 1. The number of nitrogens with one attached hydrogen (secondary N) is 1. The molecule has 8 heavy (non-hydrogen) atoms. The van der Waals surface area contributed by atoms with Gasteiger partial charge in [-0.15, -0.1) is 0 Å². The van der Waals surface area contributed by atoms with E-state index in [-0.39, 0.29) is 41.9 Å². The molecule has 1 N–H and O–H groups in total. The number of hydrogen-bond acceptors (Lipinski definition) is 1. The minimum Gasteiger partial charge on any atom is -1.00 e. The van der Waals surface area contributed by atoms with Gasteiger partial charge in [0.1, 0.15) is 0 Å². The van der Waals surface area contributed by atoms with Crippen molar-refractivity contribution in [2.45, 2.75) is 0 Å². The molecule has 1 aromatic heterocycles. The van der Waals surface area contributed by atoms with Crippen LogP contribution in [0.15, 0.2) is 18.7 Å². The average molecular weight is 194 g/mol. The Labute approximate surface area is 70.8 Å². The van der Waals surface area contributed by atoms with Gasteiger partial charge in [-0.05, 0) is 0 Å². The Morgan fingerprint density at radius 2 is 1.88 bits per heavy atom. The third kappa shape index (κ3) is 6.31. The minimum atomic E-state index is 0. The zero-order valence-corrected chi connectivity index (χ0v) is 6.51. The molecule has 1 aromatic rings. The molecule has 0 aromatic carbocycles. The molecule has 2 nitrogen and oxygen atoms in total. The Morgan fingerprint density at radius 3 is 2.00 bits per heavy atom. The van der Waals surface area contributed by atoms with Crippen LogP contribution in [0.2, 0.25) is 0 Å². The monoisotopic (exact) mass is 193 g/mol. The summed E-state index contributed by atoms with van der Waals surface area (Å²) in [5.74, 6) is 0. The molecule has 1 radical (unpaired) electrons. The second kappa shape index (κ2) is 10.3. The van der Waals surface area contributed by atoms with E-state index in [2.05, 4.69) is 9.97 Å². The quantitative estimate of drug-likeness (QED) is 0.410. The summed E-state index contributed by atoms with van der Waals surface area (Å²) < 4.78 is 0. The fraction of sp³-hybridized carbons (Fsp3) is 0. The van der Waals surface area contributed by atoms with Gasteiger partial charge in [-0.25, -0.2) is 4.98 Å². The van der Waals surface area contributed by atoms with E-state index in [1.165, 1.54) is 0 Å². The molecule has 0 saturated heterocycles. The summed E-state index contributed by atoms with van der Waals surface area (Å²) in [6.07, 6.45) is 5.08. The Balaban J connectivity index is -0.0000000833. The number of aromatic nitrogens is 2. The van der Waals surface area contributed by atoms with Crippen molar-refractivity contribution in [1.82, 2.24) is 9.97 Å². The predicted octanol–water partition coefficient (Wildman–Crippen LogP) is -5.58. The Bertz CT molecular complexity index is 71.8. The SMILES string of the molecule is [Cl-].[Cl-].[Mn+2].c1c[nH]cn1. The summed E-state index contributed by atoms with van der Waals surface area (Å²) in [5, 5.41) is 0. The van der Waals surface area contributed by atoms with Crippen molar-refractivity contribution >= 4 is 0 Å². The molecule has 0 amide bonds. The molecule has 47 valence electrons. The van der Waals surface area contributed by atoms with Gasteiger partial charge in [-0.1, -0.05) is 0 Å². The maximum absolute atomic E-state index is 3.67. The molecular formula is C3H4Cl2MnN2. The summed E-state index contributed by atoms with van der Waals surface area (Å²) >= 11 is 0. The van der Waals surface area contributed by atoms with E-state index in [0.29, 0.717) is 0 Å². The molecule has 1 heterocycles. The molecular weight excluding hydrogens is 190 g/mol. The van der Waals surface area contributed by atoms with Crippen LogP contribution in [0.3, 0.4) is 0 Å². The first-order chi connectivity index (χ1) is 2.50. The Morgan fingerprint density at radius 1 is 1.25 bits per heavy atom. The number of imidazole rings is 1. The van der Waals surface area contributed by atoms with Crippen LogP contribution in [-0.4, -0.2) is 9.97 Å². The van der Waals surface area contributed by atoms with Gasteiger partial charge in [-0.2, -0.15) is 0 Å². The molecule has 0 aliphatic rings. The van der Waals surface area contributed by atoms with Gasteiger partial charge >= 0.3 is 17.1 Å². The van der Waals surface area contributed by atoms with Crippen LogP contribution < -0.4 is 24.8 Å². The van der Waals surface area contributed by atoms with Gasteiger partial charge < -0.3 is 29.8 Å². The molecule has 0 saturated carbocycles. The van der Waals surface area contributed by atoms with Gasteiger partial charge in [0.05, 0.1) is 6.33 Å². The standard InChI is InChI=1S/C3H4N2.2ClH.Mn/c1-2-5-3-4-1;;;/h1-3H,(H,4,5);2*1H;/q;;;+2/p-2. The predicted molar refractivity (Wildman–Crippen MR) is 18.6 cm³/mol. The van der Waals surface area contributed by atoms with Crippen LogP contribution in [0.1, 0.15) is 0 Å². The van der Waals surface area contributed by atoms with E-state index in [1.807, 2.05) is 0 Å². The van der Waals surface area contributed by atoms with Crippen molar-refractivity contribution in [3.63, 3.8) is 0 Å². The minimum absolute atomic E-state index is 0. The third-order valence-electron chi connectivity index (χ3n) is 0.406. The van der Waals surface area contributed by atoms with Gasteiger partial charge in [0.25, 0.3) is 0 Å². The molecule has 0 fully saturated rings. The average Bonchev–Trinajstić information content (AvgIpc) is 1.76. The molecule has 0 bridgehead atoms. The summed E-state index contributed by atoms with van der Waals surface area (Å²) in [7, 11) is 0. The number of rotatable bonds is 0. The van der Waals surface area contributed by atoms with E-state index in [4.69, 9.17) is 0 Å². The number of H-pyrrole nitrogens is 1. The van der Waals surface area contributed by atoms with Crippen LogP contribution in [-0.2, 0) is 17.1 Å². The van der Waals surface area contributed by atoms with Crippen molar-refractivity contribution in [3.05, 3.63) is 18.7 Å². The number of aromatic amines is 1. The Hall–Kier alpha value is 0.309. The van der Waals surface area contributed by atoms with Crippen molar-refractivity contribution in [2.24, 2.45) is 0 Å². The summed E-state index contributed by atoms with van der Waals surface area (Å²) in [6, 6.07) is 0. The zero-order chi connectivity index (χ0) is 3.54. The zero-order valence-electron chi connectivity index (χ0n) is 3.81. The third-order valence-corrected chi connectivity index (χ3v) is 0.406. The normalized spacial score (nSPS) is 5.00. The molecule has 0 aliphatic carbocycles. The first-order valence-electron chi connectivity index (χ1n) is 1.43. The van der Waals surface area contributed by atoms with Crippen LogP contribution in [0.4, 0.5) is 0 Å². The van der Waals surface area contributed by atoms with Gasteiger partial charge in [-0.3, -0.25) is 0 Å². The van der Waals surface area contributed by atoms with E-state index < -0.39 is 0 Å². The molecule has 5 heteroatoms. The summed E-state index contributed by atoms with van der Waals surface area (Å²) in [4.78, 5) is 6.42. The molecule has 0 spiro atoms. The fourth-order valence-corrected chi connectivity index (χ4v) is 0.215. The maximum atomic E-state index is 3.67.